The molecule has 3 aromatic carbocycles. The molecule has 2 aromatic heterocycles. The maximum Gasteiger partial charge on any atom is 0.0352 e. The molecule has 33 heavy (non-hydrogen) atoms. The molecule has 0 bridgehead atoms. The second kappa shape index (κ2) is 11.0. The zero-order chi connectivity index (χ0) is 22.5. The molecule has 2 heteroatoms. The Morgan fingerprint density at radius 1 is 0.545 bits per heavy atom. The van der Waals surface area contributed by atoms with Crippen LogP contribution in [0.3, 0.4) is 0 Å². The van der Waals surface area contributed by atoms with Crippen LogP contribution in [0, 0.1) is 0 Å². The molecule has 0 saturated carbocycles. The van der Waals surface area contributed by atoms with Gasteiger partial charge in [-0.15, -0.1) is 22.7 Å². The number of hydrogen-bond donors (Lipinski definition) is 0. The largest absolute Gasteiger partial charge is 0.144 e. The van der Waals surface area contributed by atoms with E-state index in [4.69, 9.17) is 0 Å². The monoisotopic (exact) mass is 472 g/mol. The minimum atomic E-state index is 1.24. The summed E-state index contributed by atoms with van der Waals surface area (Å²) in [6, 6.07) is 18.9. The van der Waals surface area contributed by atoms with Crippen LogP contribution in [0.4, 0.5) is 0 Å². The van der Waals surface area contributed by atoms with Gasteiger partial charge in [-0.3, -0.25) is 0 Å². The van der Waals surface area contributed by atoms with Crippen molar-refractivity contribution >= 4 is 64.4 Å². The Morgan fingerprint density at radius 2 is 1.15 bits per heavy atom. The van der Waals surface area contributed by atoms with Gasteiger partial charge in [-0.05, 0) is 86.9 Å². The van der Waals surface area contributed by atoms with Crippen LogP contribution in [0.1, 0.15) is 82.4 Å². The minimum Gasteiger partial charge on any atom is -0.144 e. The average Bonchev–Trinajstić information content (AvgIpc) is 3.45. The van der Waals surface area contributed by atoms with Gasteiger partial charge in [0.2, 0.25) is 0 Å². The Labute approximate surface area is 206 Å². The first-order valence-corrected chi connectivity index (χ1v) is 14.8. The zero-order valence-corrected chi connectivity index (χ0v) is 21.6. The van der Waals surface area contributed by atoms with Crippen LogP contribution in [0.5, 0.6) is 0 Å². The van der Waals surface area contributed by atoms with E-state index in [1.807, 2.05) is 22.7 Å². The SMILES string of the molecule is CCCCCCCCCCCCCc1cc2cc3c(ccc4cc5sccc5cc43)cc2s1. The average molecular weight is 473 g/mol. The Balaban J connectivity index is 1.18. The van der Waals surface area contributed by atoms with E-state index in [0.29, 0.717) is 0 Å². The molecule has 0 aliphatic rings. The molecule has 0 saturated heterocycles. The Morgan fingerprint density at radius 3 is 1.85 bits per heavy atom. The first kappa shape index (κ1) is 22.9. The van der Waals surface area contributed by atoms with E-state index in [-0.39, 0.29) is 0 Å². The second-order valence-electron chi connectivity index (χ2n) is 9.71. The molecule has 0 fully saturated rings. The zero-order valence-electron chi connectivity index (χ0n) is 20.0. The van der Waals surface area contributed by atoms with Gasteiger partial charge in [0.25, 0.3) is 0 Å². The molecule has 0 spiro atoms. The predicted molar refractivity (Wildman–Crippen MR) is 152 cm³/mol. The molecule has 5 rings (SSSR count). The maximum atomic E-state index is 2.46. The van der Waals surface area contributed by atoms with Gasteiger partial charge >= 0.3 is 0 Å². The summed E-state index contributed by atoms with van der Waals surface area (Å²) in [7, 11) is 0. The Hall–Kier alpha value is -1.90. The number of aryl methyl sites for hydroxylation is 1. The van der Waals surface area contributed by atoms with Gasteiger partial charge in [-0.25, -0.2) is 0 Å². The summed E-state index contributed by atoms with van der Waals surface area (Å²) >= 11 is 3.84. The van der Waals surface area contributed by atoms with Crippen LogP contribution in [-0.4, -0.2) is 0 Å². The van der Waals surface area contributed by atoms with Gasteiger partial charge in [0.15, 0.2) is 0 Å². The number of thiophene rings is 2. The van der Waals surface area contributed by atoms with E-state index in [0.717, 1.165) is 0 Å². The van der Waals surface area contributed by atoms with Gasteiger partial charge in [0.05, 0.1) is 0 Å². The molecule has 172 valence electrons. The summed E-state index contributed by atoms with van der Waals surface area (Å²) in [5.41, 5.74) is 0. The molecule has 5 aromatic rings. The number of hydrogen-bond acceptors (Lipinski definition) is 2. The summed E-state index contributed by atoms with van der Waals surface area (Å²) in [6.07, 6.45) is 16.8. The summed E-state index contributed by atoms with van der Waals surface area (Å²) < 4.78 is 2.82. The van der Waals surface area contributed by atoms with Gasteiger partial charge in [0, 0.05) is 14.3 Å². The normalized spacial score (nSPS) is 12.0. The van der Waals surface area contributed by atoms with Crippen LogP contribution >= 0.6 is 22.7 Å². The first-order chi connectivity index (χ1) is 16.3. The van der Waals surface area contributed by atoms with Crippen molar-refractivity contribution in [2.24, 2.45) is 0 Å². The molecule has 0 radical (unpaired) electrons. The maximum absolute atomic E-state index is 2.46. The molecular weight excluding hydrogens is 436 g/mol. The van der Waals surface area contributed by atoms with E-state index in [1.54, 1.807) is 4.88 Å². The lowest BCUT2D eigenvalue weighted by Crippen LogP contribution is -1.84. The van der Waals surface area contributed by atoms with Gasteiger partial charge < -0.3 is 0 Å². The number of fused-ring (bicyclic) bond motifs is 5. The number of unbranched alkanes of at least 4 members (excludes halogenated alkanes) is 10. The Bertz CT molecular complexity index is 1340. The van der Waals surface area contributed by atoms with E-state index >= 15 is 0 Å². The van der Waals surface area contributed by atoms with Crippen molar-refractivity contribution in [1.82, 2.24) is 0 Å². The first-order valence-electron chi connectivity index (χ1n) is 13.1. The molecule has 2 heterocycles. The van der Waals surface area contributed by atoms with Crippen molar-refractivity contribution in [2.45, 2.75) is 84.0 Å². The molecule has 0 N–H and O–H groups in total. The van der Waals surface area contributed by atoms with E-state index in [2.05, 4.69) is 60.8 Å². The topological polar surface area (TPSA) is 0 Å². The van der Waals surface area contributed by atoms with Gasteiger partial charge in [-0.1, -0.05) is 83.3 Å². The molecule has 0 aliphatic heterocycles. The van der Waals surface area contributed by atoms with Crippen molar-refractivity contribution in [1.29, 1.82) is 0 Å². The highest BCUT2D eigenvalue weighted by atomic mass is 32.1. The fraction of sp³-hybridized carbons (Fsp3) is 0.419. The standard InChI is InChI=1S/C31H36S2/c1-2-3-4-5-6-7-8-9-10-11-12-13-27-18-26-20-29-24(22-31(26)33-27)15-14-23-21-30-25(16-17-32-30)19-28(23)29/h14-22H,2-13H2,1H3. The molecule has 0 unspecified atom stereocenters. The highest BCUT2D eigenvalue weighted by Crippen LogP contribution is 2.36. The van der Waals surface area contributed by atoms with Crippen LogP contribution in [0.2, 0.25) is 0 Å². The lowest BCUT2D eigenvalue weighted by atomic mass is 9.99. The molecule has 0 atom stereocenters. The third kappa shape index (κ3) is 5.44. The number of benzene rings is 3. The summed E-state index contributed by atoms with van der Waals surface area (Å²) in [5, 5.41) is 10.5. The van der Waals surface area contributed by atoms with E-state index in [1.165, 1.54) is 119 Å². The summed E-state index contributed by atoms with van der Waals surface area (Å²) in [4.78, 5) is 1.56. The minimum absolute atomic E-state index is 1.24. The van der Waals surface area contributed by atoms with Gasteiger partial charge in [0.1, 0.15) is 0 Å². The highest BCUT2D eigenvalue weighted by Gasteiger charge is 2.08. The summed E-state index contributed by atoms with van der Waals surface area (Å²) in [5.74, 6) is 0. The lowest BCUT2D eigenvalue weighted by molar-refractivity contribution is 0.550. The van der Waals surface area contributed by atoms with E-state index < -0.39 is 0 Å². The van der Waals surface area contributed by atoms with Gasteiger partial charge in [-0.2, -0.15) is 0 Å². The van der Waals surface area contributed by atoms with Crippen LogP contribution in [0.25, 0.3) is 41.7 Å². The highest BCUT2D eigenvalue weighted by molar-refractivity contribution is 7.19. The van der Waals surface area contributed by atoms with Crippen molar-refractivity contribution in [3.63, 3.8) is 0 Å². The van der Waals surface area contributed by atoms with Crippen LogP contribution in [0.15, 0.2) is 53.9 Å². The number of rotatable bonds is 12. The van der Waals surface area contributed by atoms with Crippen molar-refractivity contribution in [3.05, 3.63) is 58.8 Å². The van der Waals surface area contributed by atoms with Crippen molar-refractivity contribution in [2.75, 3.05) is 0 Å². The predicted octanol–water partition coefficient (Wildman–Crippen LogP) is 11.3. The lowest BCUT2D eigenvalue weighted by Gasteiger charge is -2.05. The Kier molecular flexibility index (Phi) is 7.64. The molecule has 0 amide bonds. The fourth-order valence-corrected chi connectivity index (χ4v) is 7.15. The van der Waals surface area contributed by atoms with Crippen LogP contribution < -0.4 is 0 Å². The summed E-state index contributed by atoms with van der Waals surface area (Å²) in [6.45, 7) is 2.30. The quantitative estimate of drug-likeness (QED) is 0.125. The molecular formula is C31H36S2. The molecule has 0 aliphatic carbocycles. The smallest absolute Gasteiger partial charge is 0.0352 e. The third-order valence-electron chi connectivity index (χ3n) is 7.12. The third-order valence-corrected chi connectivity index (χ3v) is 9.16. The van der Waals surface area contributed by atoms with Crippen LogP contribution in [-0.2, 0) is 6.42 Å². The van der Waals surface area contributed by atoms with Crippen molar-refractivity contribution < 1.29 is 0 Å². The van der Waals surface area contributed by atoms with E-state index in [9.17, 15) is 0 Å². The van der Waals surface area contributed by atoms with Crippen molar-refractivity contribution in [3.8, 4) is 0 Å². The second-order valence-corrected chi connectivity index (χ2v) is 11.8. The molecule has 0 nitrogen and oxygen atoms in total. The fourth-order valence-electron chi connectivity index (χ4n) is 5.19.